The summed E-state index contributed by atoms with van der Waals surface area (Å²) in [6.45, 7) is 2.17. The summed E-state index contributed by atoms with van der Waals surface area (Å²) in [4.78, 5) is 1.39. The maximum atomic E-state index is 6.41. The van der Waals surface area contributed by atoms with Gasteiger partial charge in [-0.25, -0.2) is 0 Å². The topological polar surface area (TPSA) is 26.0 Å². The Labute approximate surface area is 103 Å². The summed E-state index contributed by atoms with van der Waals surface area (Å²) in [6, 6.07) is 2.55. The molecule has 0 radical (unpaired) electrons. The lowest BCUT2D eigenvalue weighted by Gasteiger charge is -2.25. The molecule has 0 bridgehead atoms. The normalized spacial score (nSPS) is 21.4. The molecule has 1 saturated carbocycles. The van der Waals surface area contributed by atoms with E-state index < -0.39 is 0 Å². The fraction of sp³-hybridized carbons (Fsp3) is 0.714. The molecule has 0 aromatic carbocycles. The zero-order valence-corrected chi connectivity index (χ0v) is 11.1. The molecule has 1 fully saturated rings. The van der Waals surface area contributed by atoms with Crippen molar-refractivity contribution in [2.24, 2.45) is 11.7 Å². The summed E-state index contributed by atoms with van der Waals surface area (Å²) in [7, 11) is 0. The maximum Gasteiger partial charge on any atom is 0.0331 e. The lowest BCUT2D eigenvalue weighted by molar-refractivity contribution is 0.328. The van der Waals surface area contributed by atoms with Gasteiger partial charge in [0.2, 0.25) is 0 Å². The molecular formula is C14H23NS. The summed E-state index contributed by atoms with van der Waals surface area (Å²) >= 11 is 1.83. The van der Waals surface area contributed by atoms with Gasteiger partial charge >= 0.3 is 0 Å². The summed E-state index contributed by atoms with van der Waals surface area (Å²) < 4.78 is 0. The molecule has 2 rings (SSSR count). The minimum absolute atomic E-state index is 0.281. The molecule has 16 heavy (non-hydrogen) atoms. The minimum Gasteiger partial charge on any atom is -0.324 e. The van der Waals surface area contributed by atoms with E-state index in [9.17, 15) is 0 Å². The fourth-order valence-corrected chi connectivity index (χ4v) is 3.51. The van der Waals surface area contributed by atoms with Gasteiger partial charge in [-0.1, -0.05) is 32.1 Å². The minimum atomic E-state index is 0.281. The van der Waals surface area contributed by atoms with Gasteiger partial charge in [-0.3, -0.25) is 0 Å². The molecule has 2 heteroatoms. The fourth-order valence-electron chi connectivity index (χ4n) is 2.76. The zero-order chi connectivity index (χ0) is 11.4. The van der Waals surface area contributed by atoms with Crippen molar-refractivity contribution in [2.45, 2.75) is 57.9 Å². The highest BCUT2D eigenvalue weighted by Crippen LogP contribution is 2.32. The molecule has 1 aliphatic carbocycles. The highest BCUT2D eigenvalue weighted by Gasteiger charge is 2.20. The van der Waals surface area contributed by atoms with Crippen molar-refractivity contribution in [1.82, 2.24) is 0 Å². The standard InChI is InChI=1S/C14H23NS/c1-11-9-13(10-16-11)14(15)12-7-5-3-2-4-6-8-12/h9-10,12,14H,2-8,15H2,1H3. The van der Waals surface area contributed by atoms with Gasteiger partial charge in [0.15, 0.2) is 0 Å². The highest BCUT2D eigenvalue weighted by molar-refractivity contribution is 7.10. The first-order valence-electron chi connectivity index (χ1n) is 6.58. The van der Waals surface area contributed by atoms with Crippen LogP contribution in [-0.2, 0) is 0 Å². The third-order valence-corrected chi connectivity index (χ3v) is 4.67. The van der Waals surface area contributed by atoms with Crippen LogP contribution in [0.3, 0.4) is 0 Å². The van der Waals surface area contributed by atoms with Crippen LogP contribution >= 0.6 is 11.3 Å². The molecule has 1 heterocycles. The Hall–Kier alpha value is -0.340. The number of nitrogens with two attached hydrogens (primary N) is 1. The molecule has 1 atom stereocenters. The Morgan fingerprint density at radius 2 is 1.81 bits per heavy atom. The van der Waals surface area contributed by atoms with Crippen LogP contribution in [0.2, 0.25) is 0 Å². The lowest BCUT2D eigenvalue weighted by Crippen LogP contribution is -2.21. The molecule has 0 spiro atoms. The maximum absolute atomic E-state index is 6.41. The summed E-state index contributed by atoms with van der Waals surface area (Å²) in [5.41, 5.74) is 7.78. The highest BCUT2D eigenvalue weighted by atomic mass is 32.1. The van der Waals surface area contributed by atoms with Gasteiger partial charge in [-0.15, -0.1) is 11.3 Å². The van der Waals surface area contributed by atoms with Gasteiger partial charge < -0.3 is 5.73 Å². The van der Waals surface area contributed by atoms with Gasteiger partial charge in [0.25, 0.3) is 0 Å². The van der Waals surface area contributed by atoms with Crippen molar-refractivity contribution in [1.29, 1.82) is 0 Å². The van der Waals surface area contributed by atoms with Crippen molar-refractivity contribution < 1.29 is 0 Å². The van der Waals surface area contributed by atoms with Gasteiger partial charge in [0.05, 0.1) is 0 Å². The number of thiophene rings is 1. The van der Waals surface area contributed by atoms with Crippen LogP contribution in [0.1, 0.15) is 61.4 Å². The molecule has 1 unspecified atom stereocenters. The van der Waals surface area contributed by atoms with E-state index in [1.807, 2.05) is 11.3 Å². The van der Waals surface area contributed by atoms with Gasteiger partial charge in [0.1, 0.15) is 0 Å². The molecular weight excluding hydrogens is 214 g/mol. The Morgan fingerprint density at radius 1 is 1.19 bits per heavy atom. The third-order valence-electron chi connectivity index (χ3n) is 3.79. The monoisotopic (exact) mass is 237 g/mol. The van der Waals surface area contributed by atoms with Crippen LogP contribution in [0.4, 0.5) is 0 Å². The lowest BCUT2D eigenvalue weighted by atomic mass is 9.84. The summed E-state index contributed by atoms with van der Waals surface area (Å²) in [5.74, 6) is 0.717. The van der Waals surface area contributed by atoms with E-state index in [1.54, 1.807) is 0 Å². The number of hydrogen-bond donors (Lipinski definition) is 1. The Balaban J connectivity index is 1.98. The Bertz CT molecular complexity index is 310. The quantitative estimate of drug-likeness (QED) is 0.809. The van der Waals surface area contributed by atoms with E-state index in [-0.39, 0.29) is 6.04 Å². The van der Waals surface area contributed by atoms with Crippen molar-refractivity contribution in [2.75, 3.05) is 0 Å². The van der Waals surface area contributed by atoms with Crippen LogP contribution in [-0.4, -0.2) is 0 Å². The average molecular weight is 237 g/mol. The summed E-state index contributed by atoms with van der Waals surface area (Å²) in [6.07, 6.45) is 9.66. The van der Waals surface area contributed by atoms with E-state index in [0.717, 1.165) is 0 Å². The van der Waals surface area contributed by atoms with Crippen LogP contribution in [0, 0.1) is 12.8 Å². The molecule has 0 aliphatic heterocycles. The first kappa shape index (κ1) is 12.1. The van der Waals surface area contributed by atoms with E-state index in [2.05, 4.69) is 18.4 Å². The van der Waals surface area contributed by atoms with E-state index in [1.165, 1.54) is 55.4 Å². The average Bonchev–Trinajstić information content (AvgIpc) is 2.63. The van der Waals surface area contributed by atoms with Crippen molar-refractivity contribution in [3.63, 3.8) is 0 Å². The SMILES string of the molecule is Cc1cc(C(N)C2CCCCCCC2)cs1. The Kier molecular flexibility index (Phi) is 4.42. The molecule has 0 amide bonds. The van der Waals surface area contributed by atoms with Crippen molar-refractivity contribution in [3.05, 3.63) is 21.9 Å². The smallest absolute Gasteiger partial charge is 0.0331 e. The van der Waals surface area contributed by atoms with Gasteiger partial charge in [0, 0.05) is 10.9 Å². The molecule has 1 nitrogen and oxygen atoms in total. The van der Waals surface area contributed by atoms with Crippen LogP contribution < -0.4 is 5.73 Å². The predicted molar refractivity (Wildman–Crippen MR) is 71.8 cm³/mol. The van der Waals surface area contributed by atoms with E-state index in [4.69, 9.17) is 5.73 Å². The van der Waals surface area contributed by atoms with E-state index in [0.29, 0.717) is 5.92 Å². The second-order valence-corrected chi connectivity index (χ2v) is 6.24. The van der Waals surface area contributed by atoms with Gasteiger partial charge in [-0.05, 0) is 42.7 Å². The molecule has 0 saturated heterocycles. The first-order valence-corrected chi connectivity index (χ1v) is 7.46. The molecule has 1 aromatic rings. The Morgan fingerprint density at radius 3 is 2.38 bits per heavy atom. The largest absolute Gasteiger partial charge is 0.324 e. The second-order valence-electron chi connectivity index (χ2n) is 5.12. The molecule has 1 aromatic heterocycles. The number of aryl methyl sites for hydroxylation is 1. The zero-order valence-electron chi connectivity index (χ0n) is 10.2. The summed E-state index contributed by atoms with van der Waals surface area (Å²) in [5, 5.41) is 2.25. The van der Waals surface area contributed by atoms with Crippen molar-refractivity contribution >= 4 is 11.3 Å². The van der Waals surface area contributed by atoms with Crippen molar-refractivity contribution in [3.8, 4) is 0 Å². The second kappa shape index (κ2) is 5.83. The molecule has 90 valence electrons. The van der Waals surface area contributed by atoms with E-state index >= 15 is 0 Å². The molecule has 1 aliphatic rings. The third kappa shape index (κ3) is 3.08. The first-order chi connectivity index (χ1) is 7.77. The van der Waals surface area contributed by atoms with Crippen LogP contribution in [0.25, 0.3) is 0 Å². The predicted octanol–water partition coefficient (Wildman–Crippen LogP) is 4.42. The van der Waals surface area contributed by atoms with Crippen LogP contribution in [0.5, 0.6) is 0 Å². The van der Waals surface area contributed by atoms with Crippen LogP contribution in [0.15, 0.2) is 11.4 Å². The number of hydrogen-bond acceptors (Lipinski definition) is 2. The van der Waals surface area contributed by atoms with Gasteiger partial charge in [-0.2, -0.15) is 0 Å². The molecule has 2 N–H and O–H groups in total. The number of rotatable bonds is 2.